The second-order valence-electron chi connectivity index (χ2n) is 6.21. The van der Waals surface area contributed by atoms with E-state index in [-0.39, 0.29) is 0 Å². The van der Waals surface area contributed by atoms with E-state index in [1.807, 2.05) is 24.3 Å². The lowest BCUT2D eigenvalue weighted by Crippen LogP contribution is -2.48. The van der Waals surface area contributed by atoms with E-state index < -0.39 is 10.0 Å². The number of nitrogens with zero attached hydrogens (tertiary/aromatic N) is 2. The molecule has 1 aromatic rings. The zero-order valence-electron chi connectivity index (χ0n) is 15.6. The number of piperazine rings is 1. The Kier molecular flexibility index (Phi) is 8.02. The Morgan fingerprint density at radius 1 is 1.12 bits per heavy atom. The number of methoxy groups -OCH3 is 1. The molecule has 0 radical (unpaired) electrons. The van der Waals surface area contributed by atoms with Crippen molar-refractivity contribution < 1.29 is 13.2 Å². The molecule has 0 amide bonds. The van der Waals surface area contributed by atoms with Crippen molar-refractivity contribution in [3.63, 3.8) is 0 Å². The van der Waals surface area contributed by atoms with E-state index in [1.165, 1.54) is 15.8 Å². The van der Waals surface area contributed by atoms with Crippen LogP contribution in [0.15, 0.2) is 35.7 Å². The minimum absolute atomic E-state index is 0.475. The molecule has 0 aliphatic carbocycles. The van der Waals surface area contributed by atoms with Crippen LogP contribution in [-0.2, 0) is 10.0 Å². The van der Waals surface area contributed by atoms with Gasteiger partial charge in [-0.2, -0.15) is 4.31 Å². The fraction of sp³-hybridized carbons (Fsp3) is 0.500. The molecule has 0 saturated carbocycles. The summed E-state index contributed by atoms with van der Waals surface area (Å²) in [5.41, 5.74) is 1.08. The summed E-state index contributed by atoms with van der Waals surface area (Å²) >= 11 is 0. The third-order valence-corrected chi connectivity index (χ3v) is 5.93. The Labute approximate surface area is 157 Å². The standard InChI is InChI=1S/C20H28N2O3S/c1-3-4-5-6-7-8-9-18-26(23,24)22-16-14-21(15-17-22)19-10-12-20(25-2)13-11-19/h9-13,18H,3-6,14-17H2,1-2H3/b18-9+. The normalized spacial score (nSPS) is 15.7. The van der Waals surface area contributed by atoms with Gasteiger partial charge in [0.15, 0.2) is 0 Å². The van der Waals surface area contributed by atoms with Crippen molar-refractivity contribution in [1.29, 1.82) is 0 Å². The van der Waals surface area contributed by atoms with Gasteiger partial charge >= 0.3 is 0 Å². The van der Waals surface area contributed by atoms with Crippen molar-refractivity contribution in [1.82, 2.24) is 4.31 Å². The molecule has 0 aromatic heterocycles. The first kappa shape index (κ1) is 20.3. The smallest absolute Gasteiger partial charge is 0.236 e. The van der Waals surface area contributed by atoms with Crippen molar-refractivity contribution in [2.24, 2.45) is 0 Å². The van der Waals surface area contributed by atoms with Crippen LogP contribution < -0.4 is 9.64 Å². The van der Waals surface area contributed by atoms with E-state index in [4.69, 9.17) is 4.74 Å². The summed E-state index contributed by atoms with van der Waals surface area (Å²) in [7, 11) is -1.75. The molecular formula is C20H28N2O3S. The number of hydrogen-bond donors (Lipinski definition) is 0. The first-order chi connectivity index (χ1) is 12.6. The Balaban J connectivity index is 1.85. The van der Waals surface area contributed by atoms with Crippen LogP contribution in [0.1, 0.15) is 32.6 Å². The molecular weight excluding hydrogens is 348 g/mol. The summed E-state index contributed by atoms with van der Waals surface area (Å²) in [5.74, 6) is 6.64. The Morgan fingerprint density at radius 3 is 2.42 bits per heavy atom. The minimum atomic E-state index is -3.39. The lowest BCUT2D eigenvalue weighted by Gasteiger charge is -2.34. The number of hydrogen-bond acceptors (Lipinski definition) is 4. The van der Waals surface area contributed by atoms with Crippen molar-refractivity contribution >= 4 is 15.7 Å². The van der Waals surface area contributed by atoms with Gasteiger partial charge in [0.1, 0.15) is 5.75 Å². The number of anilines is 1. The monoisotopic (exact) mass is 376 g/mol. The summed E-state index contributed by atoms with van der Waals surface area (Å²) in [6.07, 6.45) is 5.66. The fourth-order valence-electron chi connectivity index (χ4n) is 2.79. The quantitative estimate of drug-likeness (QED) is 0.541. The summed E-state index contributed by atoms with van der Waals surface area (Å²) in [6, 6.07) is 7.83. The van der Waals surface area contributed by atoms with Crippen LogP contribution in [0.25, 0.3) is 0 Å². The van der Waals surface area contributed by atoms with E-state index in [2.05, 4.69) is 23.7 Å². The average Bonchev–Trinajstić information content (AvgIpc) is 2.67. The van der Waals surface area contributed by atoms with E-state index in [9.17, 15) is 8.42 Å². The van der Waals surface area contributed by atoms with Crippen molar-refractivity contribution in [2.75, 3.05) is 38.2 Å². The van der Waals surface area contributed by atoms with E-state index in [1.54, 1.807) is 7.11 Å². The minimum Gasteiger partial charge on any atom is -0.497 e. The van der Waals surface area contributed by atoms with Crippen LogP contribution in [0.3, 0.4) is 0 Å². The molecule has 0 atom stereocenters. The Bertz CT molecular complexity index is 738. The van der Waals surface area contributed by atoms with E-state index in [0.717, 1.165) is 37.1 Å². The number of rotatable bonds is 7. The molecule has 0 unspecified atom stereocenters. The largest absolute Gasteiger partial charge is 0.497 e. The molecule has 1 saturated heterocycles. The molecule has 1 aliphatic heterocycles. The van der Waals surface area contributed by atoms with Crippen molar-refractivity contribution in [3.8, 4) is 17.6 Å². The van der Waals surface area contributed by atoms with Crippen LogP contribution in [0.5, 0.6) is 5.75 Å². The van der Waals surface area contributed by atoms with Crippen LogP contribution in [0.2, 0.25) is 0 Å². The van der Waals surface area contributed by atoms with Crippen LogP contribution in [0.4, 0.5) is 5.69 Å². The third kappa shape index (κ3) is 6.08. The summed E-state index contributed by atoms with van der Waals surface area (Å²) in [5, 5.41) is 1.23. The molecule has 1 aliphatic rings. The van der Waals surface area contributed by atoms with Gasteiger partial charge < -0.3 is 9.64 Å². The van der Waals surface area contributed by atoms with Gasteiger partial charge in [0.25, 0.3) is 0 Å². The maximum atomic E-state index is 12.4. The van der Waals surface area contributed by atoms with Gasteiger partial charge in [-0.05, 0) is 30.7 Å². The highest BCUT2D eigenvalue weighted by atomic mass is 32.2. The van der Waals surface area contributed by atoms with Gasteiger partial charge in [-0.3, -0.25) is 0 Å². The van der Waals surface area contributed by atoms with Crippen LogP contribution in [-0.4, -0.2) is 46.0 Å². The number of sulfonamides is 1. The highest BCUT2D eigenvalue weighted by molar-refractivity contribution is 7.92. The van der Waals surface area contributed by atoms with Crippen molar-refractivity contribution in [3.05, 3.63) is 35.7 Å². The van der Waals surface area contributed by atoms with Gasteiger partial charge in [-0.15, -0.1) is 0 Å². The van der Waals surface area contributed by atoms with E-state index in [0.29, 0.717) is 26.2 Å². The highest BCUT2D eigenvalue weighted by Crippen LogP contribution is 2.21. The maximum absolute atomic E-state index is 12.4. The molecule has 1 heterocycles. The molecule has 6 heteroatoms. The number of unbranched alkanes of at least 4 members (excludes halogenated alkanes) is 3. The first-order valence-electron chi connectivity index (χ1n) is 9.11. The SMILES string of the molecule is CCCCCC#C/C=C/S(=O)(=O)N1CCN(c2ccc(OC)cc2)CC1. The summed E-state index contributed by atoms with van der Waals surface area (Å²) in [6.45, 7) is 4.43. The molecule has 1 aromatic carbocycles. The van der Waals surface area contributed by atoms with Crippen LogP contribution >= 0.6 is 0 Å². The lowest BCUT2D eigenvalue weighted by molar-refractivity contribution is 0.389. The van der Waals surface area contributed by atoms with Gasteiger partial charge in [0, 0.05) is 44.4 Å². The topological polar surface area (TPSA) is 49.9 Å². The molecule has 0 N–H and O–H groups in total. The van der Waals surface area contributed by atoms with Crippen molar-refractivity contribution in [2.45, 2.75) is 32.6 Å². The molecule has 1 fully saturated rings. The average molecular weight is 377 g/mol. The number of allylic oxidation sites excluding steroid dienone is 1. The molecule has 5 nitrogen and oxygen atoms in total. The zero-order valence-corrected chi connectivity index (χ0v) is 16.5. The van der Waals surface area contributed by atoms with Gasteiger partial charge in [0.2, 0.25) is 10.0 Å². The predicted octanol–water partition coefficient (Wildman–Crippen LogP) is 3.24. The molecule has 0 bridgehead atoms. The van der Waals surface area contributed by atoms with Gasteiger partial charge in [-0.1, -0.05) is 31.6 Å². The van der Waals surface area contributed by atoms with Gasteiger partial charge in [0.05, 0.1) is 12.5 Å². The second-order valence-corrected chi connectivity index (χ2v) is 8.03. The third-order valence-electron chi connectivity index (χ3n) is 4.37. The molecule has 142 valence electrons. The second kappa shape index (κ2) is 10.2. The number of ether oxygens (including phenoxy) is 1. The Morgan fingerprint density at radius 2 is 1.81 bits per heavy atom. The maximum Gasteiger partial charge on any atom is 0.236 e. The van der Waals surface area contributed by atoms with Gasteiger partial charge in [-0.25, -0.2) is 8.42 Å². The molecule has 2 rings (SSSR count). The zero-order chi connectivity index (χ0) is 18.8. The van der Waals surface area contributed by atoms with E-state index >= 15 is 0 Å². The lowest BCUT2D eigenvalue weighted by atomic mass is 10.2. The van der Waals surface area contributed by atoms with Crippen LogP contribution in [0, 0.1) is 11.8 Å². The Hall–Kier alpha value is -1.97. The number of benzene rings is 1. The summed E-state index contributed by atoms with van der Waals surface area (Å²) in [4.78, 5) is 2.18. The molecule has 0 spiro atoms. The fourth-order valence-corrected chi connectivity index (χ4v) is 3.88. The highest BCUT2D eigenvalue weighted by Gasteiger charge is 2.25. The predicted molar refractivity (Wildman–Crippen MR) is 107 cm³/mol. The molecule has 26 heavy (non-hydrogen) atoms. The first-order valence-corrected chi connectivity index (χ1v) is 10.6. The summed E-state index contributed by atoms with van der Waals surface area (Å²) < 4.78 is 31.5.